The number of methoxy groups -OCH3 is 1. The van der Waals surface area contributed by atoms with Gasteiger partial charge in [-0.25, -0.2) is 0 Å². The van der Waals surface area contributed by atoms with Crippen LogP contribution in [0.4, 0.5) is 0 Å². The molecule has 1 aliphatic carbocycles. The second-order valence-corrected chi connectivity index (χ2v) is 5.63. The summed E-state index contributed by atoms with van der Waals surface area (Å²) >= 11 is 3.40. The molecule has 1 aromatic heterocycles. The number of carbonyl (C=O) groups is 1. The Morgan fingerprint density at radius 3 is 3.06 bits per heavy atom. The number of carbonyl (C=O) groups excluding carboxylic acids is 1. The first-order valence-corrected chi connectivity index (χ1v) is 6.87. The Labute approximate surface area is 115 Å². The Morgan fingerprint density at radius 1 is 1.72 bits per heavy atom. The first-order valence-electron chi connectivity index (χ1n) is 6.08. The molecule has 1 N–H and O–H groups in total. The van der Waals surface area contributed by atoms with Crippen molar-refractivity contribution in [3.63, 3.8) is 0 Å². The summed E-state index contributed by atoms with van der Waals surface area (Å²) in [4.78, 5) is 12.0. The molecule has 1 saturated carbocycles. The lowest BCUT2D eigenvalue weighted by Crippen LogP contribution is -2.54. The summed E-state index contributed by atoms with van der Waals surface area (Å²) in [6.07, 6.45) is 7.27. The molecule has 0 amide bonds. The van der Waals surface area contributed by atoms with E-state index in [9.17, 15) is 4.79 Å². The molecular formula is C12H18BrN3O2. The maximum atomic E-state index is 12.0. The fraction of sp³-hybridized carbons (Fsp3) is 0.667. The van der Waals surface area contributed by atoms with Crippen LogP contribution in [0, 0.1) is 0 Å². The summed E-state index contributed by atoms with van der Waals surface area (Å²) < 4.78 is 7.82. The van der Waals surface area contributed by atoms with Crippen molar-refractivity contribution in [1.29, 1.82) is 0 Å². The number of hydrogen-bond acceptors (Lipinski definition) is 4. The monoisotopic (exact) mass is 315 g/mol. The average Bonchev–Trinajstić information content (AvgIpc) is 2.84. The number of rotatable bonds is 3. The van der Waals surface area contributed by atoms with Crippen molar-refractivity contribution in [3.8, 4) is 0 Å². The van der Waals surface area contributed by atoms with Gasteiger partial charge < -0.3 is 10.1 Å². The molecule has 100 valence electrons. The molecule has 1 aliphatic rings. The van der Waals surface area contributed by atoms with E-state index >= 15 is 0 Å². The van der Waals surface area contributed by atoms with E-state index < -0.39 is 5.54 Å². The van der Waals surface area contributed by atoms with Crippen LogP contribution in [0.1, 0.15) is 31.7 Å². The van der Waals surface area contributed by atoms with Crippen LogP contribution in [0.5, 0.6) is 0 Å². The van der Waals surface area contributed by atoms with E-state index in [0.717, 1.165) is 23.7 Å². The van der Waals surface area contributed by atoms with Crippen molar-refractivity contribution >= 4 is 21.9 Å². The molecule has 6 heteroatoms. The fourth-order valence-corrected chi connectivity index (χ4v) is 3.00. The van der Waals surface area contributed by atoms with Crippen molar-refractivity contribution in [2.24, 2.45) is 0 Å². The third kappa shape index (κ3) is 2.44. The van der Waals surface area contributed by atoms with Crippen molar-refractivity contribution in [2.45, 2.75) is 37.3 Å². The summed E-state index contributed by atoms with van der Waals surface area (Å²) in [6, 6.07) is 0.233. The van der Waals surface area contributed by atoms with Crippen LogP contribution in [-0.4, -0.2) is 35.4 Å². The van der Waals surface area contributed by atoms with E-state index in [1.165, 1.54) is 7.11 Å². The molecule has 2 rings (SSSR count). The van der Waals surface area contributed by atoms with Crippen molar-refractivity contribution < 1.29 is 9.53 Å². The number of likely N-dealkylation sites (N-methyl/N-ethyl adjacent to an activating group) is 1. The van der Waals surface area contributed by atoms with Gasteiger partial charge >= 0.3 is 5.97 Å². The van der Waals surface area contributed by atoms with Crippen LogP contribution in [0.25, 0.3) is 0 Å². The highest BCUT2D eigenvalue weighted by molar-refractivity contribution is 9.10. The molecule has 2 atom stereocenters. The Hall–Kier alpha value is -0.880. The molecule has 0 spiro atoms. The average molecular weight is 316 g/mol. The number of nitrogens with zero attached hydrogens (tertiary/aromatic N) is 2. The molecule has 0 saturated heterocycles. The second-order valence-electron chi connectivity index (χ2n) is 4.71. The van der Waals surface area contributed by atoms with E-state index in [1.807, 2.05) is 17.9 Å². The summed E-state index contributed by atoms with van der Waals surface area (Å²) in [5.41, 5.74) is -0.573. The Morgan fingerprint density at radius 2 is 2.50 bits per heavy atom. The Balaban J connectivity index is 2.19. The highest BCUT2D eigenvalue weighted by atomic mass is 79.9. The smallest absolute Gasteiger partial charge is 0.326 e. The van der Waals surface area contributed by atoms with E-state index in [4.69, 9.17) is 4.74 Å². The minimum Gasteiger partial charge on any atom is -0.468 e. The highest BCUT2D eigenvalue weighted by Gasteiger charge is 2.43. The number of aromatic nitrogens is 2. The van der Waals surface area contributed by atoms with Gasteiger partial charge in [-0.1, -0.05) is 0 Å². The van der Waals surface area contributed by atoms with Gasteiger partial charge in [-0.2, -0.15) is 5.10 Å². The summed E-state index contributed by atoms with van der Waals surface area (Å²) in [6.45, 7) is 0. The van der Waals surface area contributed by atoms with Crippen LogP contribution in [0.15, 0.2) is 16.9 Å². The van der Waals surface area contributed by atoms with E-state index in [2.05, 4.69) is 26.3 Å². The van der Waals surface area contributed by atoms with E-state index in [1.54, 1.807) is 6.20 Å². The molecule has 18 heavy (non-hydrogen) atoms. The van der Waals surface area contributed by atoms with Gasteiger partial charge in [-0.15, -0.1) is 0 Å². The summed E-state index contributed by atoms with van der Waals surface area (Å²) in [7, 11) is 3.26. The molecule has 2 unspecified atom stereocenters. The minimum absolute atomic E-state index is 0.180. The molecular weight excluding hydrogens is 298 g/mol. The van der Waals surface area contributed by atoms with Gasteiger partial charge in [0.1, 0.15) is 5.54 Å². The Kier molecular flexibility index (Phi) is 4.07. The van der Waals surface area contributed by atoms with Crippen molar-refractivity contribution in [1.82, 2.24) is 15.1 Å². The first-order chi connectivity index (χ1) is 8.61. The van der Waals surface area contributed by atoms with Crippen LogP contribution in [0.2, 0.25) is 0 Å². The van der Waals surface area contributed by atoms with E-state index in [-0.39, 0.29) is 12.0 Å². The quantitative estimate of drug-likeness (QED) is 0.865. The number of halogens is 1. The second kappa shape index (κ2) is 5.40. The molecule has 0 radical (unpaired) electrons. The molecule has 0 aromatic carbocycles. The maximum Gasteiger partial charge on any atom is 0.326 e. The molecule has 5 nitrogen and oxygen atoms in total. The maximum absolute atomic E-state index is 12.0. The van der Waals surface area contributed by atoms with Crippen LogP contribution in [-0.2, 0) is 9.53 Å². The lowest BCUT2D eigenvalue weighted by molar-refractivity contribution is -0.150. The third-order valence-corrected chi connectivity index (χ3v) is 4.13. The standard InChI is InChI=1S/C12H18BrN3O2/c1-14-12(11(17)18-2)5-3-4-10(6-12)16-8-9(13)7-15-16/h7-8,10,14H,3-6H2,1-2H3. The van der Waals surface area contributed by atoms with Gasteiger partial charge in [0.25, 0.3) is 0 Å². The fourth-order valence-electron chi connectivity index (χ4n) is 2.70. The van der Waals surface area contributed by atoms with Gasteiger partial charge in [0.2, 0.25) is 0 Å². The highest BCUT2D eigenvalue weighted by Crippen LogP contribution is 2.36. The van der Waals surface area contributed by atoms with Gasteiger partial charge in [0.05, 0.1) is 23.8 Å². The number of ether oxygens (including phenoxy) is 1. The largest absolute Gasteiger partial charge is 0.468 e. The van der Waals surface area contributed by atoms with Gasteiger partial charge in [0.15, 0.2) is 0 Å². The lowest BCUT2D eigenvalue weighted by atomic mass is 9.79. The molecule has 1 heterocycles. The van der Waals surface area contributed by atoms with Gasteiger partial charge in [0, 0.05) is 6.20 Å². The zero-order chi connectivity index (χ0) is 13.2. The van der Waals surface area contributed by atoms with Crippen LogP contribution in [0.3, 0.4) is 0 Å². The summed E-state index contributed by atoms with van der Waals surface area (Å²) in [5, 5.41) is 7.46. The van der Waals surface area contributed by atoms with Crippen LogP contribution < -0.4 is 5.32 Å². The first kappa shape index (κ1) is 13.5. The van der Waals surface area contributed by atoms with Gasteiger partial charge in [-0.05, 0) is 48.7 Å². The zero-order valence-corrected chi connectivity index (χ0v) is 12.2. The molecule has 1 fully saturated rings. The topological polar surface area (TPSA) is 56.1 Å². The lowest BCUT2D eigenvalue weighted by Gasteiger charge is -2.38. The van der Waals surface area contributed by atoms with Crippen LogP contribution >= 0.6 is 15.9 Å². The predicted octanol–water partition coefficient (Wildman–Crippen LogP) is 1.89. The minimum atomic E-state index is -0.573. The molecule has 1 aromatic rings. The summed E-state index contributed by atoms with van der Waals surface area (Å²) in [5.74, 6) is -0.180. The number of nitrogens with one attached hydrogen (secondary N) is 1. The van der Waals surface area contributed by atoms with E-state index in [0.29, 0.717) is 6.42 Å². The van der Waals surface area contributed by atoms with Crippen molar-refractivity contribution in [2.75, 3.05) is 14.2 Å². The SMILES string of the molecule is CNC1(C(=O)OC)CCCC(n2cc(Br)cn2)C1. The molecule has 0 aliphatic heterocycles. The van der Waals surface area contributed by atoms with Crippen molar-refractivity contribution in [3.05, 3.63) is 16.9 Å². The number of esters is 1. The molecule has 0 bridgehead atoms. The van der Waals surface area contributed by atoms with Gasteiger partial charge in [-0.3, -0.25) is 9.48 Å². The number of hydrogen-bond donors (Lipinski definition) is 1. The normalized spacial score (nSPS) is 28.1. The third-order valence-electron chi connectivity index (χ3n) is 3.72. The Bertz CT molecular complexity index is 435. The zero-order valence-electron chi connectivity index (χ0n) is 10.6. The predicted molar refractivity (Wildman–Crippen MR) is 71.2 cm³/mol.